The molecule has 1 heterocycles. The average Bonchev–Trinajstić information content (AvgIpc) is 3.18. The second-order valence-electron chi connectivity index (χ2n) is 5.23. The van der Waals surface area contributed by atoms with Gasteiger partial charge in [0.15, 0.2) is 0 Å². The molecule has 0 aliphatic heterocycles. The highest BCUT2D eigenvalue weighted by atomic mass is 16.2. The van der Waals surface area contributed by atoms with Gasteiger partial charge in [0.05, 0.1) is 0 Å². The first-order valence-electron chi connectivity index (χ1n) is 6.55. The van der Waals surface area contributed by atoms with Gasteiger partial charge in [-0.3, -0.25) is 9.78 Å². The maximum atomic E-state index is 12.2. The Morgan fingerprint density at radius 2 is 2.11 bits per heavy atom. The van der Waals surface area contributed by atoms with E-state index in [0.717, 1.165) is 24.9 Å². The van der Waals surface area contributed by atoms with Crippen molar-refractivity contribution in [3.8, 4) is 0 Å². The summed E-state index contributed by atoms with van der Waals surface area (Å²) >= 11 is 0. The van der Waals surface area contributed by atoms with E-state index in [1.54, 1.807) is 18.5 Å². The van der Waals surface area contributed by atoms with Crippen molar-refractivity contribution in [3.63, 3.8) is 0 Å². The Hall–Kier alpha value is -1.64. The lowest BCUT2D eigenvalue weighted by molar-refractivity contribution is -0.127. The van der Waals surface area contributed by atoms with Crippen LogP contribution < -0.4 is 0 Å². The predicted molar refractivity (Wildman–Crippen MR) is 72.8 cm³/mol. The summed E-state index contributed by atoms with van der Waals surface area (Å²) in [7, 11) is 0. The van der Waals surface area contributed by atoms with E-state index < -0.39 is 0 Å². The summed E-state index contributed by atoms with van der Waals surface area (Å²) in [4.78, 5) is 18.1. The Balaban J connectivity index is 1.98. The third-order valence-electron chi connectivity index (χ3n) is 2.96. The van der Waals surface area contributed by atoms with Crippen LogP contribution in [0, 0.1) is 5.92 Å². The number of carbonyl (C=O) groups excluding carboxylic acids is 1. The molecule has 1 aromatic rings. The number of hydrogen-bond donors (Lipinski definition) is 0. The number of amides is 1. The van der Waals surface area contributed by atoms with E-state index in [-0.39, 0.29) is 5.91 Å². The summed E-state index contributed by atoms with van der Waals surface area (Å²) < 4.78 is 0. The minimum Gasteiger partial charge on any atom is -0.336 e. The highest BCUT2D eigenvalue weighted by molar-refractivity contribution is 5.92. The van der Waals surface area contributed by atoms with Gasteiger partial charge in [-0.25, -0.2) is 0 Å². The number of pyridine rings is 1. The van der Waals surface area contributed by atoms with E-state index in [1.165, 1.54) is 0 Å². The van der Waals surface area contributed by atoms with Crippen molar-refractivity contribution in [1.82, 2.24) is 9.88 Å². The Morgan fingerprint density at radius 1 is 1.44 bits per heavy atom. The molecule has 2 rings (SSSR count). The molecule has 0 bridgehead atoms. The number of nitrogens with zero attached hydrogens (tertiary/aromatic N) is 2. The first-order valence-corrected chi connectivity index (χ1v) is 6.55. The molecule has 0 aromatic carbocycles. The molecule has 1 aromatic heterocycles. The van der Waals surface area contributed by atoms with E-state index in [9.17, 15) is 4.79 Å². The van der Waals surface area contributed by atoms with Gasteiger partial charge < -0.3 is 4.90 Å². The summed E-state index contributed by atoms with van der Waals surface area (Å²) in [6.07, 6.45) is 9.31. The van der Waals surface area contributed by atoms with Gasteiger partial charge in [-0.05, 0) is 42.5 Å². The fourth-order valence-corrected chi connectivity index (χ4v) is 1.94. The van der Waals surface area contributed by atoms with Gasteiger partial charge in [0.25, 0.3) is 0 Å². The Kier molecular flexibility index (Phi) is 4.13. The summed E-state index contributed by atoms with van der Waals surface area (Å²) in [6.45, 7) is 5.15. The highest BCUT2D eigenvalue weighted by Gasteiger charge is 2.31. The zero-order valence-corrected chi connectivity index (χ0v) is 11.0. The van der Waals surface area contributed by atoms with Gasteiger partial charge in [0.1, 0.15) is 0 Å². The fourth-order valence-electron chi connectivity index (χ4n) is 1.94. The van der Waals surface area contributed by atoms with Crippen molar-refractivity contribution in [2.24, 2.45) is 5.92 Å². The van der Waals surface area contributed by atoms with Gasteiger partial charge in [0, 0.05) is 31.1 Å². The van der Waals surface area contributed by atoms with Crippen molar-refractivity contribution >= 4 is 12.0 Å². The van der Waals surface area contributed by atoms with Gasteiger partial charge in [-0.2, -0.15) is 0 Å². The van der Waals surface area contributed by atoms with Crippen LogP contribution >= 0.6 is 0 Å². The minimum absolute atomic E-state index is 0.128. The smallest absolute Gasteiger partial charge is 0.246 e. The Bertz CT molecular complexity index is 421. The van der Waals surface area contributed by atoms with E-state index >= 15 is 0 Å². The third-order valence-corrected chi connectivity index (χ3v) is 2.96. The molecular weight excluding hydrogens is 224 g/mol. The van der Waals surface area contributed by atoms with Crippen LogP contribution in [-0.2, 0) is 4.79 Å². The normalized spacial score (nSPS) is 15.3. The average molecular weight is 244 g/mol. The molecule has 0 atom stereocenters. The largest absolute Gasteiger partial charge is 0.336 e. The van der Waals surface area contributed by atoms with Crippen LogP contribution in [0.4, 0.5) is 0 Å². The minimum atomic E-state index is 0.128. The predicted octanol–water partition coefficient (Wildman–Crippen LogP) is 2.74. The Morgan fingerprint density at radius 3 is 2.67 bits per heavy atom. The van der Waals surface area contributed by atoms with Crippen molar-refractivity contribution in [2.45, 2.75) is 32.7 Å². The molecule has 3 heteroatoms. The zero-order valence-electron chi connectivity index (χ0n) is 11.0. The van der Waals surface area contributed by atoms with E-state index in [0.29, 0.717) is 12.0 Å². The van der Waals surface area contributed by atoms with E-state index in [1.807, 2.05) is 23.1 Å². The lowest BCUT2D eigenvalue weighted by atomic mass is 10.2. The number of rotatable bonds is 5. The standard InChI is InChI=1S/C15H20N2O/c1-12(2)11-17(14-4-5-14)15(18)6-3-13-7-9-16-10-8-13/h3,6-10,12,14H,4-5,11H2,1-2H3. The first-order chi connectivity index (χ1) is 8.66. The van der Waals surface area contributed by atoms with Crippen LogP contribution in [0.3, 0.4) is 0 Å². The van der Waals surface area contributed by atoms with Crippen molar-refractivity contribution in [1.29, 1.82) is 0 Å². The number of hydrogen-bond acceptors (Lipinski definition) is 2. The topological polar surface area (TPSA) is 33.2 Å². The van der Waals surface area contributed by atoms with Crippen molar-refractivity contribution in [3.05, 3.63) is 36.2 Å². The molecule has 0 N–H and O–H groups in total. The van der Waals surface area contributed by atoms with Crippen LogP contribution in [-0.4, -0.2) is 28.4 Å². The van der Waals surface area contributed by atoms with Crippen LogP contribution in [0.1, 0.15) is 32.3 Å². The fraction of sp³-hybridized carbons (Fsp3) is 0.467. The van der Waals surface area contributed by atoms with Crippen LogP contribution in [0.25, 0.3) is 6.08 Å². The number of carbonyl (C=O) groups is 1. The van der Waals surface area contributed by atoms with E-state index in [2.05, 4.69) is 18.8 Å². The highest BCUT2D eigenvalue weighted by Crippen LogP contribution is 2.27. The van der Waals surface area contributed by atoms with Gasteiger partial charge in [-0.15, -0.1) is 0 Å². The van der Waals surface area contributed by atoms with Crippen molar-refractivity contribution in [2.75, 3.05) is 6.54 Å². The van der Waals surface area contributed by atoms with E-state index in [4.69, 9.17) is 0 Å². The molecule has 3 nitrogen and oxygen atoms in total. The van der Waals surface area contributed by atoms with Crippen LogP contribution in [0.5, 0.6) is 0 Å². The maximum Gasteiger partial charge on any atom is 0.246 e. The van der Waals surface area contributed by atoms with Crippen molar-refractivity contribution < 1.29 is 4.79 Å². The second-order valence-corrected chi connectivity index (χ2v) is 5.23. The molecule has 18 heavy (non-hydrogen) atoms. The molecule has 1 fully saturated rings. The number of aromatic nitrogens is 1. The van der Waals surface area contributed by atoms with Crippen LogP contribution in [0.15, 0.2) is 30.6 Å². The molecular formula is C15H20N2O. The molecule has 1 saturated carbocycles. The quantitative estimate of drug-likeness (QED) is 0.746. The lowest BCUT2D eigenvalue weighted by Crippen LogP contribution is -2.34. The SMILES string of the molecule is CC(C)CN(C(=O)C=Cc1ccncc1)C1CC1. The molecule has 96 valence electrons. The molecule has 0 spiro atoms. The molecule has 0 saturated heterocycles. The lowest BCUT2D eigenvalue weighted by Gasteiger charge is -2.22. The van der Waals surface area contributed by atoms with Gasteiger partial charge in [-0.1, -0.05) is 13.8 Å². The third kappa shape index (κ3) is 3.69. The first kappa shape index (κ1) is 12.8. The van der Waals surface area contributed by atoms with Gasteiger partial charge in [0.2, 0.25) is 5.91 Å². The maximum absolute atomic E-state index is 12.2. The summed E-state index contributed by atoms with van der Waals surface area (Å²) in [5.41, 5.74) is 1.01. The second kappa shape index (κ2) is 5.80. The van der Waals surface area contributed by atoms with Gasteiger partial charge >= 0.3 is 0 Å². The summed E-state index contributed by atoms with van der Waals surface area (Å²) in [5.74, 6) is 0.645. The zero-order chi connectivity index (χ0) is 13.0. The molecule has 1 amide bonds. The molecule has 0 radical (unpaired) electrons. The summed E-state index contributed by atoms with van der Waals surface area (Å²) in [6, 6.07) is 4.27. The molecule has 1 aliphatic carbocycles. The molecule has 1 aliphatic rings. The molecule has 0 unspecified atom stereocenters. The Labute approximate surface area is 109 Å². The monoisotopic (exact) mass is 244 g/mol. The van der Waals surface area contributed by atoms with Crippen LogP contribution in [0.2, 0.25) is 0 Å². The summed E-state index contributed by atoms with van der Waals surface area (Å²) in [5, 5.41) is 0.